The van der Waals surface area contributed by atoms with E-state index < -0.39 is 0 Å². The molecule has 1 unspecified atom stereocenters. The summed E-state index contributed by atoms with van der Waals surface area (Å²) in [6.45, 7) is 0. The van der Waals surface area contributed by atoms with Crippen molar-refractivity contribution in [3.8, 4) is 5.75 Å². The minimum absolute atomic E-state index is 0.102. The first-order chi connectivity index (χ1) is 7.28. The Labute approximate surface area is 88.1 Å². The SMILES string of the molecule is O=CC1CC[C@H](Oc2ccc(F)cc2)C1. The molecule has 0 aromatic heterocycles. The van der Waals surface area contributed by atoms with Crippen LogP contribution in [0.4, 0.5) is 4.39 Å². The number of hydrogen-bond donors (Lipinski definition) is 0. The third-order valence-electron chi connectivity index (χ3n) is 2.73. The molecule has 1 aromatic rings. The Morgan fingerprint density at radius 2 is 2.00 bits per heavy atom. The van der Waals surface area contributed by atoms with Crippen molar-refractivity contribution in [3.05, 3.63) is 30.1 Å². The Bertz CT molecular complexity index is 334. The van der Waals surface area contributed by atoms with E-state index in [0.717, 1.165) is 25.5 Å². The van der Waals surface area contributed by atoms with Gasteiger partial charge in [0.2, 0.25) is 0 Å². The highest BCUT2D eigenvalue weighted by Crippen LogP contribution is 2.27. The molecule has 1 saturated carbocycles. The van der Waals surface area contributed by atoms with Gasteiger partial charge in [0.15, 0.2) is 0 Å². The zero-order valence-corrected chi connectivity index (χ0v) is 8.36. The lowest BCUT2D eigenvalue weighted by molar-refractivity contribution is -0.111. The molecule has 1 aromatic carbocycles. The summed E-state index contributed by atoms with van der Waals surface area (Å²) < 4.78 is 18.3. The number of halogens is 1. The average Bonchev–Trinajstić information content (AvgIpc) is 2.69. The molecule has 3 heteroatoms. The molecule has 1 aliphatic carbocycles. The molecule has 0 N–H and O–H groups in total. The molecule has 1 aliphatic rings. The number of carbonyl (C=O) groups excluding carboxylic acids is 1. The highest BCUT2D eigenvalue weighted by atomic mass is 19.1. The lowest BCUT2D eigenvalue weighted by Crippen LogP contribution is -2.12. The normalized spacial score (nSPS) is 25.1. The van der Waals surface area contributed by atoms with Gasteiger partial charge >= 0.3 is 0 Å². The molecule has 80 valence electrons. The van der Waals surface area contributed by atoms with Gasteiger partial charge in [-0.15, -0.1) is 0 Å². The average molecular weight is 208 g/mol. The Kier molecular flexibility index (Phi) is 2.99. The number of aldehydes is 1. The van der Waals surface area contributed by atoms with Crippen LogP contribution in [-0.4, -0.2) is 12.4 Å². The molecule has 2 atom stereocenters. The first-order valence-corrected chi connectivity index (χ1v) is 5.15. The first-order valence-electron chi connectivity index (χ1n) is 5.15. The molecule has 2 rings (SSSR count). The number of rotatable bonds is 3. The molecule has 1 fully saturated rings. The second kappa shape index (κ2) is 4.43. The van der Waals surface area contributed by atoms with Gasteiger partial charge in [0.05, 0.1) is 6.10 Å². The standard InChI is InChI=1S/C12H13FO2/c13-10-2-5-11(6-3-10)15-12-4-1-9(7-12)8-14/h2-3,5-6,8-9,12H,1,4,7H2/t9?,12-/m0/s1. The molecule has 0 heterocycles. The van der Waals surface area contributed by atoms with Gasteiger partial charge in [-0.1, -0.05) is 0 Å². The first kappa shape index (κ1) is 10.1. The van der Waals surface area contributed by atoms with Gasteiger partial charge in [-0.05, 0) is 43.5 Å². The van der Waals surface area contributed by atoms with Crippen LogP contribution in [-0.2, 0) is 4.79 Å². The molecule has 15 heavy (non-hydrogen) atoms. The summed E-state index contributed by atoms with van der Waals surface area (Å²) in [4.78, 5) is 10.5. The van der Waals surface area contributed by atoms with Crippen LogP contribution >= 0.6 is 0 Å². The van der Waals surface area contributed by atoms with E-state index in [9.17, 15) is 9.18 Å². The monoisotopic (exact) mass is 208 g/mol. The fraction of sp³-hybridized carbons (Fsp3) is 0.417. The summed E-state index contributed by atoms with van der Waals surface area (Å²) >= 11 is 0. The molecule has 0 aliphatic heterocycles. The highest BCUT2D eigenvalue weighted by Gasteiger charge is 2.25. The maximum atomic E-state index is 12.6. The quantitative estimate of drug-likeness (QED) is 0.713. The smallest absolute Gasteiger partial charge is 0.123 e. The van der Waals surface area contributed by atoms with E-state index in [2.05, 4.69) is 0 Å². The maximum Gasteiger partial charge on any atom is 0.123 e. The highest BCUT2D eigenvalue weighted by molar-refractivity contribution is 5.54. The minimum atomic E-state index is -0.264. The second-order valence-corrected chi connectivity index (χ2v) is 3.90. The van der Waals surface area contributed by atoms with Crippen LogP contribution in [0.2, 0.25) is 0 Å². The van der Waals surface area contributed by atoms with Gasteiger partial charge in [-0.3, -0.25) is 0 Å². The van der Waals surface area contributed by atoms with E-state index in [-0.39, 0.29) is 17.8 Å². The molecule has 0 radical (unpaired) electrons. The van der Waals surface area contributed by atoms with E-state index in [0.29, 0.717) is 5.75 Å². The summed E-state index contributed by atoms with van der Waals surface area (Å²) in [6.07, 6.45) is 3.68. The molecule has 0 amide bonds. The van der Waals surface area contributed by atoms with E-state index in [1.54, 1.807) is 12.1 Å². The topological polar surface area (TPSA) is 26.3 Å². The van der Waals surface area contributed by atoms with Crippen molar-refractivity contribution in [1.82, 2.24) is 0 Å². The molecular weight excluding hydrogens is 195 g/mol. The minimum Gasteiger partial charge on any atom is -0.490 e. The van der Waals surface area contributed by atoms with Gasteiger partial charge in [-0.25, -0.2) is 4.39 Å². The lowest BCUT2D eigenvalue weighted by Gasteiger charge is -2.12. The van der Waals surface area contributed by atoms with Crippen LogP contribution in [0.15, 0.2) is 24.3 Å². The predicted molar refractivity (Wildman–Crippen MR) is 54.2 cm³/mol. The van der Waals surface area contributed by atoms with Gasteiger partial charge in [-0.2, -0.15) is 0 Å². The van der Waals surface area contributed by atoms with Crippen molar-refractivity contribution in [1.29, 1.82) is 0 Å². The van der Waals surface area contributed by atoms with E-state index in [1.807, 2.05) is 0 Å². The van der Waals surface area contributed by atoms with Crippen molar-refractivity contribution >= 4 is 6.29 Å². The largest absolute Gasteiger partial charge is 0.490 e. The molecule has 2 nitrogen and oxygen atoms in total. The van der Waals surface area contributed by atoms with Crippen molar-refractivity contribution < 1.29 is 13.9 Å². The van der Waals surface area contributed by atoms with Crippen molar-refractivity contribution in [2.75, 3.05) is 0 Å². The molecule has 0 saturated heterocycles. The molecule has 0 bridgehead atoms. The van der Waals surface area contributed by atoms with Crippen molar-refractivity contribution in [2.45, 2.75) is 25.4 Å². The maximum absolute atomic E-state index is 12.6. The predicted octanol–water partition coefficient (Wildman–Crippen LogP) is 2.57. The van der Waals surface area contributed by atoms with Gasteiger partial charge in [0, 0.05) is 5.92 Å². The van der Waals surface area contributed by atoms with Gasteiger partial charge in [0.25, 0.3) is 0 Å². The number of hydrogen-bond acceptors (Lipinski definition) is 2. The summed E-state index contributed by atoms with van der Waals surface area (Å²) in [5.74, 6) is 0.544. The third kappa shape index (κ3) is 2.55. The van der Waals surface area contributed by atoms with E-state index in [4.69, 9.17) is 4.74 Å². The molecule has 0 spiro atoms. The van der Waals surface area contributed by atoms with Crippen LogP contribution < -0.4 is 4.74 Å². The van der Waals surface area contributed by atoms with Crippen LogP contribution in [0.5, 0.6) is 5.75 Å². The summed E-state index contributed by atoms with van der Waals surface area (Å²) in [6, 6.07) is 5.98. The Morgan fingerprint density at radius 3 is 2.60 bits per heavy atom. The summed E-state index contributed by atoms with van der Waals surface area (Å²) in [5.41, 5.74) is 0. The van der Waals surface area contributed by atoms with E-state index >= 15 is 0 Å². The van der Waals surface area contributed by atoms with E-state index in [1.165, 1.54) is 12.1 Å². The number of carbonyl (C=O) groups is 1. The van der Waals surface area contributed by atoms with Crippen LogP contribution in [0.3, 0.4) is 0 Å². The lowest BCUT2D eigenvalue weighted by atomic mass is 10.1. The van der Waals surface area contributed by atoms with Crippen molar-refractivity contribution in [3.63, 3.8) is 0 Å². The zero-order chi connectivity index (χ0) is 10.7. The van der Waals surface area contributed by atoms with Crippen LogP contribution in [0.25, 0.3) is 0 Å². The van der Waals surface area contributed by atoms with Crippen LogP contribution in [0.1, 0.15) is 19.3 Å². The number of ether oxygens (including phenoxy) is 1. The third-order valence-corrected chi connectivity index (χ3v) is 2.73. The summed E-state index contributed by atoms with van der Waals surface area (Å²) in [5, 5.41) is 0. The Balaban J connectivity index is 1.92. The fourth-order valence-electron chi connectivity index (χ4n) is 1.91. The van der Waals surface area contributed by atoms with Gasteiger partial charge in [0.1, 0.15) is 17.9 Å². The Hall–Kier alpha value is -1.38. The van der Waals surface area contributed by atoms with Crippen LogP contribution in [0, 0.1) is 11.7 Å². The molecular formula is C12H13FO2. The zero-order valence-electron chi connectivity index (χ0n) is 8.36. The fourth-order valence-corrected chi connectivity index (χ4v) is 1.91. The number of benzene rings is 1. The summed E-state index contributed by atoms with van der Waals surface area (Å²) in [7, 11) is 0. The van der Waals surface area contributed by atoms with Crippen molar-refractivity contribution in [2.24, 2.45) is 5.92 Å². The van der Waals surface area contributed by atoms with Gasteiger partial charge < -0.3 is 9.53 Å². The Morgan fingerprint density at radius 1 is 1.27 bits per heavy atom. The second-order valence-electron chi connectivity index (χ2n) is 3.90.